The number of aromatic nitrogens is 1. The van der Waals surface area contributed by atoms with Crippen LogP contribution in [0.4, 0.5) is 0 Å². The second-order valence-corrected chi connectivity index (χ2v) is 5.70. The van der Waals surface area contributed by atoms with Crippen molar-refractivity contribution in [2.45, 2.75) is 26.9 Å². The van der Waals surface area contributed by atoms with Crippen LogP contribution in [-0.2, 0) is 22.6 Å². The molecular formula is C20H19NO3. The molecule has 0 unspecified atom stereocenters. The molecule has 1 aromatic heterocycles. The van der Waals surface area contributed by atoms with Crippen LogP contribution in [-0.4, -0.2) is 11.1 Å². The molecule has 0 aliphatic rings. The zero-order chi connectivity index (χ0) is 16.9. The van der Waals surface area contributed by atoms with Crippen molar-refractivity contribution in [1.82, 2.24) is 5.16 Å². The van der Waals surface area contributed by atoms with Gasteiger partial charge in [0, 0.05) is 5.56 Å². The van der Waals surface area contributed by atoms with E-state index in [4.69, 9.17) is 9.26 Å². The molecule has 4 nitrogen and oxygen atoms in total. The zero-order valence-electron chi connectivity index (χ0n) is 13.8. The summed E-state index contributed by atoms with van der Waals surface area (Å²) < 4.78 is 10.4. The third kappa shape index (κ3) is 3.71. The van der Waals surface area contributed by atoms with Crippen LogP contribution < -0.4 is 0 Å². The van der Waals surface area contributed by atoms with E-state index >= 15 is 0 Å². The van der Waals surface area contributed by atoms with E-state index in [-0.39, 0.29) is 19.0 Å². The summed E-state index contributed by atoms with van der Waals surface area (Å²) in [7, 11) is 0. The SMILES string of the molecule is Cc1noc(C)c1CC(=O)OCc1ccc(-c2ccccc2)cc1. The first-order valence-corrected chi connectivity index (χ1v) is 7.85. The van der Waals surface area contributed by atoms with Gasteiger partial charge in [-0.15, -0.1) is 0 Å². The lowest BCUT2D eigenvalue weighted by atomic mass is 10.0. The minimum absolute atomic E-state index is 0.184. The molecule has 3 rings (SSSR count). The maximum atomic E-state index is 12.0. The summed E-state index contributed by atoms with van der Waals surface area (Å²) >= 11 is 0. The first-order valence-electron chi connectivity index (χ1n) is 7.85. The fourth-order valence-electron chi connectivity index (χ4n) is 2.54. The molecule has 0 spiro atoms. The molecule has 0 saturated heterocycles. The Balaban J connectivity index is 1.58. The van der Waals surface area contributed by atoms with Gasteiger partial charge in [0.05, 0.1) is 12.1 Å². The number of carbonyl (C=O) groups excluding carboxylic acids is 1. The molecule has 0 saturated carbocycles. The van der Waals surface area contributed by atoms with Gasteiger partial charge in [-0.25, -0.2) is 0 Å². The molecular weight excluding hydrogens is 302 g/mol. The maximum Gasteiger partial charge on any atom is 0.310 e. The summed E-state index contributed by atoms with van der Waals surface area (Å²) in [4.78, 5) is 12.0. The highest BCUT2D eigenvalue weighted by molar-refractivity contribution is 5.73. The summed E-state index contributed by atoms with van der Waals surface area (Å²) in [5.41, 5.74) is 4.80. The Morgan fingerprint density at radius 3 is 2.29 bits per heavy atom. The lowest BCUT2D eigenvalue weighted by Crippen LogP contribution is -2.09. The Bertz CT molecular complexity index is 800. The number of aryl methyl sites for hydroxylation is 2. The first kappa shape index (κ1) is 16.0. The van der Waals surface area contributed by atoms with Crippen molar-refractivity contribution in [1.29, 1.82) is 0 Å². The number of hydrogen-bond donors (Lipinski definition) is 0. The molecule has 0 fully saturated rings. The van der Waals surface area contributed by atoms with Crippen molar-refractivity contribution < 1.29 is 14.1 Å². The topological polar surface area (TPSA) is 52.3 Å². The quantitative estimate of drug-likeness (QED) is 0.659. The Labute approximate surface area is 141 Å². The Kier molecular flexibility index (Phi) is 4.75. The molecule has 0 N–H and O–H groups in total. The summed E-state index contributed by atoms with van der Waals surface area (Å²) in [5, 5.41) is 3.84. The van der Waals surface area contributed by atoms with E-state index < -0.39 is 0 Å². The summed E-state index contributed by atoms with van der Waals surface area (Å²) in [6.45, 7) is 3.88. The van der Waals surface area contributed by atoms with E-state index in [1.807, 2.05) is 49.4 Å². The number of nitrogens with zero attached hydrogens (tertiary/aromatic N) is 1. The van der Waals surface area contributed by atoms with E-state index in [9.17, 15) is 4.79 Å². The van der Waals surface area contributed by atoms with Gasteiger partial charge in [0.25, 0.3) is 0 Å². The normalized spacial score (nSPS) is 10.6. The second-order valence-electron chi connectivity index (χ2n) is 5.70. The monoisotopic (exact) mass is 321 g/mol. The van der Waals surface area contributed by atoms with Crippen LogP contribution in [0.15, 0.2) is 59.1 Å². The highest BCUT2D eigenvalue weighted by Crippen LogP contribution is 2.20. The number of hydrogen-bond acceptors (Lipinski definition) is 4. The van der Waals surface area contributed by atoms with E-state index in [1.165, 1.54) is 5.56 Å². The van der Waals surface area contributed by atoms with Gasteiger partial charge in [-0.3, -0.25) is 4.79 Å². The lowest BCUT2D eigenvalue weighted by Gasteiger charge is -2.06. The molecule has 0 bridgehead atoms. The largest absolute Gasteiger partial charge is 0.461 e. The van der Waals surface area contributed by atoms with Crippen LogP contribution >= 0.6 is 0 Å². The van der Waals surface area contributed by atoms with E-state index in [2.05, 4.69) is 17.3 Å². The molecule has 0 aliphatic carbocycles. The van der Waals surface area contributed by atoms with Gasteiger partial charge in [-0.05, 0) is 30.5 Å². The average Bonchev–Trinajstić information content (AvgIpc) is 2.93. The third-order valence-corrected chi connectivity index (χ3v) is 3.96. The fraction of sp³-hybridized carbons (Fsp3) is 0.200. The Hall–Kier alpha value is -2.88. The molecule has 1 heterocycles. The standard InChI is InChI=1S/C20H19NO3/c1-14-19(15(2)24-21-14)12-20(22)23-13-16-8-10-18(11-9-16)17-6-4-3-5-7-17/h3-11H,12-13H2,1-2H3. The van der Waals surface area contributed by atoms with E-state index in [0.29, 0.717) is 5.76 Å². The van der Waals surface area contributed by atoms with Gasteiger partial charge < -0.3 is 9.26 Å². The van der Waals surface area contributed by atoms with Gasteiger partial charge in [0.2, 0.25) is 0 Å². The number of esters is 1. The zero-order valence-corrected chi connectivity index (χ0v) is 13.8. The van der Waals surface area contributed by atoms with Crippen molar-refractivity contribution in [2.75, 3.05) is 0 Å². The molecule has 4 heteroatoms. The number of rotatable bonds is 5. The summed E-state index contributed by atoms with van der Waals surface area (Å²) in [6.07, 6.45) is 0.184. The van der Waals surface area contributed by atoms with Crippen LogP contribution in [0.25, 0.3) is 11.1 Å². The summed E-state index contributed by atoms with van der Waals surface area (Å²) in [5.74, 6) is 0.383. The first-order chi connectivity index (χ1) is 11.6. The molecule has 0 aliphatic heterocycles. The van der Waals surface area contributed by atoms with Gasteiger partial charge in [-0.1, -0.05) is 59.8 Å². The van der Waals surface area contributed by atoms with Crippen molar-refractivity contribution in [3.63, 3.8) is 0 Å². The van der Waals surface area contributed by atoms with Crippen molar-refractivity contribution in [3.8, 4) is 11.1 Å². The smallest absolute Gasteiger partial charge is 0.310 e. The molecule has 0 amide bonds. The minimum Gasteiger partial charge on any atom is -0.461 e. The average molecular weight is 321 g/mol. The van der Waals surface area contributed by atoms with Crippen LogP contribution in [0.2, 0.25) is 0 Å². The van der Waals surface area contributed by atoms with Crippen LogP contribution in [0.3, 0.4) is 0 Å². The maximum absolute atomic E-state index is 12.0. The van der Waals surface area contributed by atoms with Crippen LogP contribution in [0, 0.1) is 13.8 Å². The molecule has 122 valence electrons. The summed E-state index contributed by atoms with van der Waals surface area (Å²) in [6, 6.07) is 18.2. The van der Waals surface area contributed by atoms with Crippen molar-refractivity contribution in [3.05, 3.63) is 77.2 Å². The van der Waals surface area contributed by atoms with E-state index in [1.54, 1.807) is 6.92 Å². The predicted molar refractivity (Wildman–Crippen MR) is 91.4 cm³/mol. The third-order valence-electron chi connectivity index (χ3n) is 3.96. The van der Waals surface area contributed by atoms with Gasteiger partial charge in [-0.2, -0.15) is 0 Å². The number of ether oxygens (including phenoxy) is 1. The molecule has 24 heavy (non-hydrogen) atoms. The van der Waals surface area contributed by atoms with Crippen LogP contribution in [0.5, 0.6) is 0 Å². The Morgan fingerprint density at radius 1 is 1.00 bits per heavy atom. The van der Waals surface area contributed by atoms with Gasteiger partial charge in [0.1, 0.15) is 12.4 Å². The fourth-order valence-corrected chi connectivity index (χ4v) is 2.54. The highest BCUT2D eigenvalue weighted by Gasteiger charge is 2.14. The van der Waals surface area contributed by atoms with Crippen LogP contribution in [0.1, 0.15) is 22.6 Å². The second kappa shape index (κ2) is 7.13. The Morgan fingerprint density at radius 2 is 1.67 bits per heavy atom. The van der Waals surface area contributed by atoms with E-state index in [0.717, 1.165) is 22.4 Å². The number of carbonyl (C=O) groups is 1. The molecule has 0 atom stereocenters. The molecule has 2 aromatic carbocycles. The van der Waals surface area contributed by atoms with Crippen molar-refractivity contribution >= 4 is 5.97 Å². The minimum atomic E-state index is -0.281. The molecule has 3 aromatic rings. The highest BCUT2D eigenvalue weighted by atomic mass is 16.5. The van der Waals surface area contributed by atoms with Crippen molar-refractivity contribution in [2.24, 2.45) is 0 Å². The molecule has 0 radical (unpaired) electrons. The van der Waals surface area contributed by atoms with Gasteiger partial charge >= 0.3 is 5.97 Å². The predicted octanol–water partition coefficient (Wildman–Crippen LogP) is 4.24. The van der Waals surface area contributed by atoms with Gasteiger partial charge in [0.15, 0.2) is 0 Å². The number of benzene rings is 2. The lowest BCUT2D eigenvalue weighted by molar-refractivity contribution is -0.144.